The van der Waals surface area contributed by atoms with Gasteiger partial charge in [-0.15, -0.1) is 0 Å². The second-order valence-corrected chi connectivity index (χ2v) is 5.89. The first-order chi connectivity index (χ1) is 11.2. The summed E-state index contributed by atoms with van der Waals surface area (Å²) in [6.07, 6.45) is 8.26. The number of carbonyl (C=O) groups is 2. The van der Waals surface area contributed by atoms with Gasteiger partial charge >= 0.3 is 5.97 Å². The molecule has 0 saturated carbocycles. The van der Waals surface area contributed by atoms with Crippen molar-refractivity contribution in [2.24, 2.45) is 0 Å². The van der Waals surface area contributed by atoms with E-state index in [1.165, 1.54) is 0 Å². The fourth-order valence-corrected chi connectivity index (χ4v) is 3.17. The summed E-state index contributed by atoms with van der Waals surface area (Å²) in [5.41, 5.74) is 0. The Bertz CT molecular complexity index is 527. The third-order valence-corrected chi connectivity index (χ3v) is 4.34. The number of hydrogen-bond donors (Lipinski definition) is 0. The molecular weight excluding hydrogens is 294 g/mol. The molecule has 1 saturated heterocycles. The molecule has 0 spiro atoms. The van der Waals surface area contributed by atoms with E-state index in [4.69, 9.17) is 4.74 Å². The first-order valence-corrected chi connectivity index (χ1v) is 8.60. The minimum atomic E-state index is -0.208. The van der Waals surface area contributed by atoms with Gasteiger partial charge in [0, 0.05) is 44.4 Å². The number of likely N-dealkylation sites (tertiary alicyclic amines) is 1. The highest BCUT2D eigenvalue weighted by atomic mass is 16.5. The number of carbonyl (C=O) groups excluding carboxylic acids is 2. The van der Waals surface area contributed by atoms with E-state index in [0.717, 1.165) is 38.1 Å². The smallest absolute Gasteiger partial charge is 0.307 e. The zero-order valence-electron chi connectivity index (χ0n) is 14.2. The summed E-state index contributed by atoms with van der Waals surface area (Å²) in [7, 11) is 0. The van der Waals surface area contributed by atoms with Crippen molar-refractivity contribution in [2.45, 2.75) is 65.0 Å². The maximum absolute atomic E-state index is 12.6. The maximum Gasteiger partial charge on any atom is 0.307 e. The topological polar surface area (TPSA) is 64.4 Å². The Kier molecular flexibility index (Phi) is 6.62. The molecule has 0 bridgehead atoms. The molecule has 1 fully saturated rings. The van der Waals surface area contributed by atoms with Crippen LogP contribution in [0.3, 0.4) is 0 Å². The summed E-state index contributed by atoms with van der Waals surface area (Å²) in [4.78, 5) is 30.5. The van der Waals surface area contributed by atoms with E-state index < -0.39 is 0 Å². The largest absolute Gasteiger partial charge is 0.466 e. The third kappa shape index (κ3) is 4.81. The lowest BCUT2D eigenvalue weighted by atomic mass is 9.99. The number of piperidine rings is 1. The van der Waals surface area contributed by atoms with Gasteiger partial charge in [0.2, 0.25) is 5.91 Å². The molecule has 1 aliphatic rings. The van der Waals surface area contributed by atoms with Crippen molar-refractivity contribution in [1.82, 2.24) is 14.5 Å². The zero-order chi connectivity index (χ0) is 16.7. The van der Waals surface area contributed by atoms with Crippen LogP contribution in [0.25, 0.3) is 0 Å². The van der Waals surface area contributed by atoms with Gasteiger partial charge in [-0.1, -0.05) is 6.92 Å². The standard InChI is InChI=1S/C17H27N3O3/c1-3-15-18-9-12-19(15)11-8-16(21)20-10-6-5-7-14(20)13-17(22)23-4-2/h9,12,14H,3-8,10-11,13H2,1-2H3/t14-/m0/s1. The molecule has 0 N–H and O–H groups in total. The predicted octanol–water partition coefficient (Wildman–Crippen LogP) is 2.17. The fraction of sp³-hybridized carbons (Fsp3) is 0.706. The number of imidazole rings is 1. The molecule has 0 radical (unpaired) electrons. The number of aryl methyl sites for hydroxylation is 2. The van der Waals surface area contributed by atoms with Crippen molar-refractivity contribution >= 4 is 11.9 Å². The highest BCUT2D eigenvalue weighted by Gasteiger charge is 2.28. The van der Waals surface area contributed by atoms with Gasteiger partial charge in [-0.25, -0.2) is 4.98 Å². The van der Waals surface area contributed by atoms with Crippen LogP contribution >= 0.6 is 0 Å². The zero-order valence-corrected chi connectivity index (χ0v) is 14.2. The Morgan fingerprint density at radius 3 is 2.91 bits per heavy atom. The third-order valence-electron chi connectivity index (χ3n) is 4.34. The van der Waals surface area contributed by atoms with Gasteiger partial charge in [0.15, 0.2) is 0 Å². The van der Waals surface area contributed by atoms with Crippen LogP contribution in [0.5, 0.6) is 0 Å². The van der Waals surface area contributed by atoms with Crippen molar-refractivity contribution in [1.29, 1.82) is 0 Å². The van der Waals surface area contributed by atoms with E-state index in [1.807, 2.05) is 15.7 Å². The minimum Gasteiger partial charge on any atom is -0.466 e. The predicted molar refractivity (Wildman–Crippen MR) is 86.8 cm³/mol. The summed E-state index contributed by atoms with van der Waals surface area (Å²) in [6.45, 7) is 5.64. The first-order valence-electron chi connectivity index (χ1n) is 8.60. The Morgan fingerprint density at radius 1 is 1.35 bits per heavy atom. The van der Waals surface area contributed by atoms with Crippen LogP contribution in [0, 0.1) is 0 Å². The van der Waals surface area contributed by atoms with Crippen LogP contribution in [0.2, 0.25) is 0 Å². The molecular formula is C17H27N3O3. The van der Waals surface area contributed by atoms with E-state index in [9.17, 15) is 9.59 Å². The van der Waals surface area contributed by atoms with Crippen LogP contribution in [0.4, 0.5) is 0 Å². The van der Waals surface area contributed by atoms with Gasteiger partial charge in [0.1, 0.15) is 5.82 Å². The van der Waals surface area contributed by atoms with Crippen LogP contribution in [0.15, 0.2) is 12.4 Å². The molecule has 0 unspecified atom stereocenters. The van der Waals surface area contributed by atoms with E-state index >= 15 is 0 Å². The molecule has 128 valence electrons. The van der Waals surface area contributed by atoms with Gasteiger partial charge in [-0.05, 0) is 26.2 Å². The maximum atomic E-state index is 12.6. The van der Waals surface area contributed by atoms with E-state index in [0.29, 0.717) is 26.0 Å². The minimum absolute atomic E-state index is 0.0104. The second kappa shape index (κ2) is 8.70. The summed E-state index contributed by atoms with van der Waals surface area (Å²) < 4.78 is 7.06. The van der Waals surface area contributed by atoms with Crippen LogP contribution in [-0.4, -0.2) is 45.5 Å². The molecule has 0 aromatic carbocycles. The van der Waals surface area contributed by atoms with Crippen molar-refractivity contribution in [3.63, 3.8) is 0 Å². The average molecular weight is 321 g/mol. The molecule has 6 heteroatoms. The lowest BCUT2D eigenvalue weighted by Gasteiger charge is -2.35. The number of aromatic nitrogens is 2. The van der Waals surface area contributed by atoms with Crippen molar-refractivity contribution in [2.75, 3.05) is 13.2 Å². The van der Waals surface area contributed by atoms with Gasteiger partial charge < -0.3 is 14.2 Å². The van der Waals surface area contributed by atoms with Gasteiger partial charge in [-0.2, -0.15) is 0 Å². The molecule has 1 atom stereocenters. The van der Waals surface area contributed by atoms with Gasteiger partial charge in [0.05, 0.1) is 13.0 Å². The normalized spacial score (nSPS) is 18.0. The lowest BCUT2D eigenvalue weighted by molar-refractivity contribution is -0.146. The summed E-state index contributed by atoms with van der Waals surface area (Å²) in [5.74, 6) is 0.911. The quantitative estimate of drug-likeness (QED) is 0.722. The first kappa shape index (κ1) is 17.5. The Labute approximate surface area is 137 Å². The molecule has 0 aliphatic carbocycles. The van der Waals surface area contributed by atoms with Crippen LogP contribution in [-0.2, 0) is 27.3 Å². The number of rotatable bonds is 7. The van der Waals surface area contributed by atoms with Gasteiger partial charge in [0.25, 0.3) is 0 Å². The average Bonchev–Trinajstić information content (AvgIpc) is 3.01. The number of amides is 1. The number of nitrogens with zero attached hydrogens (tertiary/aromatic N) is 3. The Hall–Kier alpha value is -1.85. The summed E-state index contributed by atoms with van der Waals surface area (Å²) in [5, 5.41) is 0. The molecule has 6 nitrogen and oxygen atoms in total. The van der Waals surface area contributed by atoms with Crippen molar-refractivity contribution < 1.29 is 14.3 Å². The van der Waals surface area contributed by atoms with E-state index in [2.05, 4.69) is 11.9 Å². The van der Waals surface area contributed by atoms with E-state index in [1.54, 1.807) is 13.1 Å². The molecule has 1 aliphatic heterocycles. The lowest BCUT2D eigenvalue weighted by Crippen LogP contribution is -2.45. The second-order valence-electron chi connectivity index (χ2n) is 5.89. The van der Waals surface area contributed by atoms with Crippen LogP contribution < -0.4 is 0 Å². The number of ether oxygens (including phenoxy) is 1. The highest BCUT2D eigenvalue weighted by molar-refractivity contribution is 5.78. The molecule has 1 aromatic heterocycles. The SMILES string of the molecule is CCOC(=O)C[C@@H]1CCCCN1C(=O)CCn1ccnc1CC. The van der Waals surface area contributed by atoms with Gasteiger partial charge in [-0.3, -0.25) is 9.59 Å². The highest BCUT2D eigenvalue weighted by Crippen LogP contribution is 2.21. The molecule has 2 heterocycles. The molecule has 2 rings (SSSR count). The molecule has 23 heavy (non-hydrogen) atoms. The Morgan fingerprint density at radius 2 is 2.17 bits per heavy atom. The molecule has 1 amide bonds. The van der Waals surface area contributed by atoms with E-state index in [-0.39, 0.29) is 17.9 Å². The summed E-state index contributed by atoms with van der Waals surface area (Å²) in [6, 6.07) is -0.0104. The number of hydrogen-bond acceptors (Lipinski definition) is 4. The summed E-state index contributed by atoms with van der Waals surface area (Å²) >= 11 is 0. The molecule has 1 aromatic rings. The monoisotopic (exact) mass is 321 g/mol. The fourth-order valence-electron chi connectivity index (χ4n) is 3.17. The van der Waals surface area contributed by atoms with Crippen LogP contribution in [0.1, 0.15) is 51.8 Å². The van der Waals surface area contributed by atoms with Crippen molar-refractivity contribution in [3.8, 4) is 0 Å². The number of esters is 1. The van der Waals surface area contributed by atoms with Crippen molar-refractivity contribution in [3.05, 3.63) is 18.2 Å². The Balaban J connectivity index is 1.91.